The van der Waals surface area contributed by atoms with Crippen molar-refractivity contribution < 1.29 is 17.6 Å². The standard InChI is InChI=1S/C12H8F4N2/c13-9-3-1-2-7(4-9)10-5-8(12(14,15)16)6-18-11(10)17/h1-6H,(H2,17,18). The maximum atomic E-state index is 13.0. The van der Waals surface area contributed by atoms with Gasteiger partial charge in [0.15, 0.2) is 0 Å². The van der Waals surface area contributed by atoms with Crippen LogP contribution in [0, 0.1) is 5.82 Å². The van der Waals surface area contributed by atoms with E-state index in [-0.39, 0.29) is 16.9 Å². The van der Waals surface area contributed by atoms with Gasteiger partial charge in [-0.05, 0) is 23.8 Å². The number of nitrogens with two attached hydrogens (primary N) is 1. The second kappa shape index (κ2) is 4.29. The van der Waals surface area contributed by atoms with E-state index in [1.165, 1.54) is 18.2 Å². The number of rotatable bonds is 1. The topological polar surface area (TPSA) is 38.9 Å². The molecule has 0 saturated heterocycles. The number of aromatic nitrogens is 1. The SMILES string of the molecule is Nc1ncc(C(F)(F)F)cc1-c1cccc(F)c1. The summed E-state index contributed by atoms with van der Waals surface area (Å²) in [5, 5.41) is 0. The lowest BCUT2D eigenvalue weighted by Gasteiger charge is -2.10. The van der Waals surface area contributed by atoms with Crippen LogP contribution >= 0.6 is 0 Å². The third-order valence-corrected chi connectivity index (χ3v) is 2.38. The number of nitrogens with zero attached hydrogens (tertiary/aromatic N) is 1. The zero-order chi connectivity index (χ0) is 13.3. The molecule has 0 aliphatic heterocycles. The number of hydrogen-bond acceptors (Lipinski definition) is 2. The number of halogens is 4. The van der Waals surface area contributed by atoms with Crippen LogP contribution in [0.5, 0.6) is 0 Å². The van der Waals surface area contributed by atoms with Gasteiger partial charge in [0.05, 0.1) is 5.56 Å². The summed E-state index contributed by atoms with van der Waals surface area (Å²) in [5.41, 5.74) is 4.91. The molecular weight excluding hydrogens is 248 g/mol. The van der Waals surface area contributed by atoms with Gasteiger partial charge in [-0.2, -0.15) is 13.2 Å². The van der Waals surface area contributed by atoms with Crippen molar-refractivity contribution in [3.8, 4) is 11.1 Å². The van der Waals surface area contributed by atoms with E-state index in [1.54, 1.807) is 0 Å². The number of anilines is 1. The molecule has 0 amide bonds. The second-order valence-corrected chi connectivity index (χ2v) is 3.66. The molecule has 2 rings (SSSR count). The summed E-state index contributed by atoms with van der Waals surface area (Å²) in [5.74, 6) is -0.627. The lowest BCUT2D eigenvalue weighted by Crippen LogP contribution is -2.07. The van der Waals surface area contributed by atoms with Gasteiger partial charge in [-0.15, -0.1) is 0 Å². The van der Waals surface area contributed by atoms with E-state index in [2.05, 4.69) is 4.98 Å². The predicted octanol–water partition coefficient (Wildman–Crippen LogP) is 3.49. The Morgan fingerprint density at radius 2 is 1.83 bits per heavy atom. The van der Waals surface area contributed by atoms with Crippen LogP contribution in [0.25, 0.3) is 11.1 Å². The maximum Gasteiger partial charge on any atom is 0.417 e. The summed E-state index contributed by atoms with van der Waals surface area (Å²) in [4.78, 5) is 3.49. The van der Waals surface area contributed by atoms with Crippen LogP contribution in [-0.4, -0.2) is 4.98 Å². The molecule has 0 fully saturated rings. The third kappa shape index (κ3) is 2.42. The summed E-state index contributed by atoms with van der Waals surface area (Å²) >= 11 is 0. The Kier molecular flexibility index (Phi) is 2.94. The van der Waals surface area contributed by atoms with Gasteiger partial charge < -0.3 is 5.73 Å². The van der Waals surface area contributed by atoms with Crippen LogP contribution < -0.4 is 5.73 Å². The molecule has 94 valence electrons. The Balaban J connectivity index is 2.57. The van der Waals surface area contributed by atoms with E-state index >= 15 is 0 Å². The molecule has 0 spiro atoms. The van der Waals surface area contributed by atoms with E-state index in [4.69, 9.17) is 5.73 Å². The van der Waals surface area contributed by atoms with E-state index in [9.17, 15) is 17.6 Å². The van der Waals surface area contributed by atoms with Gasteiger partial charge in [-0.25, -0.2) is 9.37 Å². The van der Waals surface area contributed by atoms with Gasteiger partial charge in [0.2, 0.25) is 0 Å². The molecule has 0 atom stereocenters. The minimum absolute atomic E-state index is 0.0596. The maximum absolute atomic E-state index is 13.0. The fraction of sp³-hybridized carbons (Fsp3) is 0.0833. The van der Waals surface area contributed by atoms with Crippen molar-refractivity contribution in [2.24, 2.45) is 0 Å². The normalized spacial score (nSPS) is 11.6. The first kappa shape index (κ1) is 12.3. The van der Waals surface area contributed by atoms with Crippen LogP contribution in [0.15, 0.2) is 36.5 Å². The van der Waals surface area contributed by atoms with Crippen molar-refractivity contribution in [1.82, 2.24) is 4.98 Å². The van der Waals surface area contributed by atoms with Gasteiger partial charge in [0, 0.05) is 11.8 Å². The average Bonchev–Trinajstić information content (AvgIpc) is 2.28. The first-order valence-electron chi connectivity index (χ1n) is 4.96. The van der Waals surface area contributed by atoms with Gasteiger partial charge >= 0.3 is 6.18 Å². The van der Waals surface area contributed by atoms with Crippen LogP contribution in [0.4, 0.5) is 23.4 Å². The van der Waals surface area contributed by atoms with Crippen molar-refractivity contribution in [2.45, 2.75) is 6.18 Å². The lowest BCUT2D eigenvalue weighted by molar-refractivity contribution is -0.137. The summed E-state index contributed by atoms with van der Waals surface area (Å²) in [6, 6.07) is 6.02. The van der Waals surface area contributed by atoms with Gasteiger partial charge in [0.25, 0.3) is 0 Å². The average molecular weight is 256 g/mol. The molecule has 0 saturated carbocycles. The molecule has 0 aliphatic carbocycles. The molecule has 1 heterocycles. The minimum atomic E-state index is -4.51. The van der Waals surface area contributed by atoms with Gasteiger partial charge in [-0.1, -0.05) is 12.1 Å². The molecule has 18 heavy (non-hydrogen) atoms. The Labute approximate surface area is 100 Å². The van der Waals surface area contributed by atoms with Gasteiger partial charge in [-0.3, -0.25) is 0 Å². The first-order chi connectivity index (χ1) is 8.38. The molecule has 0 aliphatic rings. The monoisotopic (exact) mass is 256 g/mol. The number of benzene rings is 1. The Hall–Kier alpha value is -2.11. The van der Waals surface area contributed by atoms with Crippen molar-refractivity contribution in [1.29, 1.82) is 0 Å². The van der Waals surface area contributed by atoms with Gasteiger partial charge in [0.1, 0.15) is 11.6 Å². The Morgan fingerprint density at radius 1 is 1.11 bits per heavy atom. The zero-order valence-electron chi connectivity index (χ0n) is 9.00. The summed E-state index contributed by atoms with van der Waals surface area (Å²) in [6.07, 6.45) is -3.86. The molecule has 2 N–H and O–H groups in total. The largest absolute Gasteiger partial charge is 0.417 e. The Morgan fingerprint density at radius 3 is 2.44 bits per heavy atom. The molecule has 1 aromatic carbocycles. The Bertz CT molecular complexity index is 579. The molecule has 2 nitrogen and oxygen atoms in total. The highest BCUT2D eigenvalue weighted by molar-refractivity contribution is 5.74. The predicted molar refractivity (Wildman–Crippen MR) is 59.0 cm³/mol. The molecule has 1 aromatic heterocycles. The summed E-state index contributed by atoms with van der Waals surface area (Å²) in [7, 11) is 0. The highest BCUT2D eigenvalue weighted by atomic mass is 19.4. The number of pyridine rings is 1. The zero-order valence-corrected chi connectivity index (χ0v) is 9.00. The molecular formula is C12H8F4N2. The molecule has 0 bridgehead atoms. The van der Waals surface area contributed by atoms with Crippen LogP contribution in [-0.2, 0) is 6.18 Å². The van der Waals surface area contributed by atoms with Crippen LogP contribution in [0.3, 0.4) is 0 Å². The fourth-order valence-corrected chi connectivity index (χ4v) is 1.52. The number of hydrogen-bond donors (Lipinski definition) is 1. The summed E-state index contributed by atoms with van der Waals surface area (Å²) < 4.78 is 50.7. The summed E-state index contributed by atoms with van der Waals surface area (Å²) in [6.45, 7) is 0. The van der Waals surface area contributed by atoms with Crippen molar-refractivity contribution in [3.63, 3.8) is 0 Å². The van der Waals surface area contributed by atoms with E-state index < -0.39 is 17.6 Å². The van der Waals surface area contributed by atoms with Crippen molar-refractivity contribution in [2.75, 3.05) is 5.73 Å². The molecule has 6 heteroatoms. The highest BCUT2D eigenvalue weighted by Gasteiger charge is 2.31. The van der Waals surface area contributed by atoms with E-state index in [0.717, 1.165) is 12.1 Å². The van der Waals surface area contributed by atoms with E-state index in [0.29, 0.717) is 6.20 Å². The van der Waals surface area contributed by atoms with Crippen LogP contribution in [0.2, 0.25) is 0 Å². The highest BCUT2D eigenvalue weighted by Crippen LogP contribution is 2.33. The second-order valence-electron chi connectivity index (χ2n) is 3.66. The van der Waals surface area contributed by atoms with Crippen molar-refractivity contribution in [3.05, 3.63) is 47.9 Å². The molecule has 2 aromatic rings. The number of nitrogen functional groups attached to an aromatic ring is 1. The number of alkyl halides is 3. The molecule has 0 unspecified atom stereocenters. The van der Waals surface area contributed by atoms with Crippen LogP contribution in [0.1, 0.15) is 5.56 Å². The smallest absolute Gasteiger partial charge is 0.383 e. The quantitative estimate of drug-likeness (QED) is 0.793. The molecule has 0 radical (unpaired) electrons. The first-order valence-corrected chi connectivity index (χ1v) is 4.96. The van der Waals surface area contributed by atoms with E-state index in [1.807, 2.05) is 0 Å². The fourth-order valence-electron chi connectivity index (χ4n) is 1.52. The van der Waals surface area contributed by atoms with Crippen molar-refractivity contribution >= 4 is 5.82 Å². The lowest BCUT2D eigenvalue weighted by atomic mass is 10.0. The third-order valence-electron chi connectivity index (χ3n) is 2.38. The minimum Gasteiger partial charge on any atom is -0.383 e.